The highest BCUT2D eigenvalue weighted by molar-refractivity contribution is 5.71. The SMILES string of the molecule is CN(C=O)c1cnccn1. The van der Waals surface area contributed by atoms with Crippen LogP contribution in [-0.2, 0) is 4.79 Å². The van der Waals surface area contributed by atoms with Crippen LogP contribution in [0, 0.1) is 0 Å². The molecule has 0 atom stereocenters. The summed E-state index contributed by atoms with van der Waals surface area (Å²) < 4.78 is 0. The summed E-state index contributed by atoms with van der Waals surface area (Å²) in [7, 11) is 1.62. The highest BCUT2D eigenvalue weighted by Gasteiger charge is 1.96. The fraction of sp³-hybridized carbons (Fsp3) is 0.167. The molecular weight excluding hydrogens is 130 g/mol. The molecule has 1 heterocycles. The van der Waals surface area contributed by atoms with Gasteiger partial charge in [-0.3, -0.25) is 9.78 Å². The molecule has 0 bridgehead atoms. The van der Waals surface area contributed by atoms with Gasteiger partial charge in [0.1, 0.15) is 0 Å². The molecule has 0 aliphatic rings. The summed E-state index contributed by atoms with van der Waals surface area (Å²) in [6.07, 6.45) is 5.30. The Hall–Kier alpha value is -1.45. The topological polar surface area (TPSA) is 46.1 Å². The molecule has 1 aromatic heterocycles. The van der Waals surface area contributed by atoms with E-state index >= 15 is 0 Å². The zero-order chi connectivity index (χ0) is 7.40. The van der Waals surface area contributed by atoms with Gasteiger partial charge in [-0.1, -0.05) is 0 Å². The second kappa shape index (κ2) is 2.91. The molecule has 4 heteroatoms. The van der Waals surface area contributed by atoms with Gasteiger partial charge < -0.3 is 4.90 Å². The number of nitrogens with zero attached hydrogens (tertiary/aromatic N) is 3. The molecular formula is C6H7N3O. The summed E-state index contributed by atoms with van der Waals surface area (Å²) in [6, 6.07) is 0. The summed E-state index contributed by atoms with van der Waals surface area (Å²) in [6.45, 7) is 0. The van der Waals surface area contributed by atoms with Gasteiger partial charge in [0.25, 0.3) is 0 Å². The maximum absolute atomic E-state index is 10.2. The lowest BCUT2D eigenvalue weighted by Crippen LogP contribution is -2.14. The maximum atomic E-state index is 10.2. The van der Waals surface area contributed by atoms with E-state index in [1.807, 2.05) is 0 Å². The lowest BCUT2D eigenvalue weighted by atomic mass is 10.6. The first-order valence-electron chi connectivity index (χ1n) is 2.78. The van der Waals surface area contributed by atoms with Crippen molar-refractivity contribution in [3.8, 4) is 0 Å². The fourth-order valence-electron chi connectivity index (χ4n) is 0.527. The number of hydrogen-bond donors (Lipinski definition) is 0. The van der Waals surface area contributed by atoms with E-state index in [1.165, 1.54) is 17.3 Å². The minimum atomic E-state index is 0.553. The van der Waals surface area contributed by atoms with Crippen LogP contribution in [-0.4, -0.2) is 23.4 Å². The van der Waals surface area contributed by atoms with Gasteiger partial charge in [0.15, 0.2) is 5.82 Å². The molecule has 0 N–H and O–H groups in total. The Labute approximate surface area is 58.5 Å². The van der Waals surface area contributed by atoms with Crippen LogP contribution < -0.4 is 4.90 Å². The molecule has 1 amide bonds. The smallest absolute Gasteiger partial charge is 0.215 e. The standard InChI is InChI=1S/C6H7N3O/c1-9(5-10)6-4-7-2-3-8-6/h2-5H,1H3. The first-order chi connectivity index (χ1) is 4.84. The summed E-state index contributed by atoms with van der Waals surface area (Å²) in [5.41, 5.74) is 0. The summed E-state index contributed by atoms with van der Waals surface area (Å²) in [5, 5.41) is 0. The van der Waals surface area contributed by atoms with Crippen molar-refractivity contribution in [3.63, 3.8) is 0 Å². The van der Waals surface area contributed by atoms with Gasteiger partial charge in [0, 0.05) is 19.4 Å². The van der Waals surface area contributed by atoms with Crippen LogP contribution in [0.2, 0.25) is 0 Å². The van der Waals surface area contributed by atoms with Crippen LogP contribution in [0.3, 0.4) is 0 Å². The van der Waals surface area contributed by atoms with Gasteiger partial charge in [-0.2, -0.15) is 0 Å². The van der Waals surface area contributed by atoms with Crippen molar-refractivity contribution in [1.29, 1.82) is 0 Å². The van der Waals surface area contributed by atoms with E-state index in [0.29, 0.717) is 12.2 Å². The van der Waals surface area contributed by atoms with E-state index < -0.39 is 0 Å². The van der Waals surface area contributed by atoms with E-state index in [9.17, 15) is 4.79 Å². The molecule has 0 fully saturated rings. The summed E-state index contributed by atoms with van der Waals surface area (Å²) in [5.74, 6) is 0.553. The molecule has 0 spiro atoms. The number of carbonyl (C=O) groups excluding carboxylic acids is 1. The van der Waals surface area contributed by atoms with Crippen molar-refractivity contribution in [2.75, 3.05) is 11.9 Å². The predicted molar refractivity (Wildman–Crippen MR) is 36.5 cm³/mol. The Kier molecular flexibility index (Phi) is 1.94. The minimum absolute atomic E-state index is 0.553. The zero-order valence-corrected chi connectivity index (χ0v) is 5.56. The first kappa shape index (κ1) is 6.67. The van der Waals surface area contributed by atoms with Gasteiger partial charge >= 0.3 is 0 Å². The Balaban J connectivity index is 2.84. The van der Waals surface area contributed by atoms with Crippen molar-refractivity contribution >= 4 is 12.2 Å². The van der Waals surface area contributed by atoms with Crippen LogP contribution >= 0.6 is 0 Å². The number of aromatic nitrogens is 2. The van der Waals surface area contributed by atoms with Crippen molar-refractivity contribution in [2.45, 2.75) is 0 Å². The minimum Gasteiger partial charge on any atom is -0.301 e. The van der Waals surface area contributed by atoms with E-state index in [-0.39, 0.29) is 0 Å². The first-order valence-corrected chi connectivity index (χ1v) is 2.78. The second-order valence-corrected chi connectivity index (χ2v) is 1.78. The normalized spacial score (nSPS) is 8.90. The Morgan fingerprint density at radius 2 is 2.40 bits per heavy atom. The summed E-state index contributed by atoms with van der Waals surface area (Å²) >= 11 is 0. The molecule has 0 unspecified atom stereocenters. The van der Waals surface area contributed by atoms with Crippen LogP contribution in [0.15, 0.2) is 18.6 Å². The molecule has 52 valence electrons. The molecule has 0 aliphatic heterocycles. The summed E-state index contributed by atoms with van der Waals surface area (Å²) in [4.78, 5) is 19.2. The van der Waals surface area contributed by atoms with Crippen LogP contribution in [0.1, 0.15) is 0 Å². The Bertz CT molecular complexity index is 211. The third-order valence-corrected chi connectivity index (χ3v) is 1.07. The molecule has 0 saturated heterocycles. The molecule has 1 aromatic rings. The average molecular weight is 137 g/mol. The van der Waals surface area contributed by atoms with Crippen LogP contribution in [0.5, 0.6) is 0 Å². The van der Waals surface area contributed by atoms with Crippen LogP contribution in [0.25, 0.3) is 0 Å². The number of anilines is 1. The van der Waals surface area contributed by atoms with Crippen molar-refractivity contribution in [2.24, 2.45) is 0 Å². The van der Waals surface area contributed by atoms with Gasteiger partial charge in [0.2, 0.25) is 6.41 Å². The van der Waals surface area contributed by atoms with Crippen LogP contribution in [0.4, 0.5) is 5.82 Å². The van der Waals surface area contributed by atoms with E-state index in [0.717, 1.165) is 0 Å². The lowest BCUT2D eigenvalue weighted by Gasteiger charge is -2.06. The molecule has 10 heavy (non-hydrogen) atoms. The maximum Gasteiger partial charge on any atom is 0.215 e. The second-order valence-electron chi connectivity index (χ2n) is 1.78. The number of amides is 1. The predicted octanol–water partition coefficient (Wildman–Crippen LogP) is 0.0692. The monoisotopic (exact) mass is 137 g/mol. The van der Waals surface area contributed by atoms with E-state index in [2.05, 4.69) is 9.97 Å². The molecule has 1 rings (SSSR count). The van der Waals surface area contributed by atoms with Gasteiger partial charge in [0.05, 0.1) is 6.20 Å². The molecule has 0 aromatic carbocycles. The highest BCUT2D eigenvalue weighted by atomic mass is 16.1. The number of carbonyl (C=O) groups is 1. The molecule has 0 saturated carbocycles. The Morgan fingerprint density at radius 3 is 2.90 bits per heavy atom. The number of rotatable bonds is 2. The van der Waals surface area contributed by atoms with Gasteiger partial charge in [-0.05, 0) is 0 Å². The van der Waals surface area contributed by atoms with E-state index in [1.54, 1.807) is 13.2 Å². The largest absolute Gasteiger partial charge is 0.301 e. The fourth-order valence-corrected chi connectivity index (χ4v) is 0.527. The third-order valence-electron chi connectivity index (χ3n) is 1.07. The van der Waals surface area contributed by atoms with Crippen molar-refractivity contribution < 1.29 is 4.79 Å². The molecule has 0 radical (unpaired) electrons. The quantitative estimate of drug-likeness (QED) is 0.542. The average Bonchev–Trinajstić information content (AvgIpc) is 2.05. The highest BCUT2D eigenvalue weighted by Crippen LogP contribution is 2.00. The van der Waals surface area contributed by atoms with Gasteiger partial charge in [-0.25, -0.2) is 4.98 Å². The molecule has 0 aliphatic carbocycles. The van der Waals surface area contributed by atoms with Gasteiger partial charge in [-0.15, -0.1) is 0 Å². The molecule has 4 nitrogen and oxygen atoms in total. The van der Waals surface area contributed by atoms with Crippen molar-refractivity contribution in [3.05, 3.63) is 18.6 Å². The third kappa shape index (κ3) is 1.28. The van der Waals surface area contributed by atoms with E-state index in [4.69, 9.17) is 0 Å². The Morgan fingerprint density at radius 1 is 1.60 bits per heavy atom. The number of hydrogen-bond acceptors (Lipinski definition) is 3. The van der Waals surface area contributed by atoms with Crippen molar-refractivity contribution in [1.82, 2.24) is 9.97 Å². The lowest BCUT2D eigenvalue weighted by molar-refractivity contribution is -0.107. The zero-order valence-electron chi connectivity index (χ0n) is 5.56.